The van der Waals surface area contributed by atoms with E-state index in [2.05, 4.69) is 9.71 Å². The first-order chi connectivity index (χ1) is 9.99. The Kier molecular flexibility index (Phi) is 3.62. The van der Waals surface area contributed by atoms with Crippen LogP contribution in [0.3, 0.4) is 0 Å². The molecule has 7 heteroatoms. The van der Waals surface area contributed by atoms with Crippen LogP contribution in [0.4, 0.5) is 10.8 Å². The molecule has 3 N–H and O–H groups in total. The number of anilines is 2. The lowest BCUT2D eigenvalue weighted by Gasteiger charge is -2.10. The van der Waals surface area contributed by atoms with Gasteiger partial charge in [0.05, 0.1) is 10.6 Å². The SMILES string of the molecule is CCc1ccc(N)cc1S(=O)(=O)Nc1nc2c(s1)CCC2. The molecule has 0 unspecified atom stereocenters. The monoisotopic (exact) mass is 323 g/mol. The van der Waals surface area contributed by atoms with E-state index in [0.717, 1.165) is 30.5 Å². The number of thiazole rings is 1. The molecule has 2 aromatic rings. The molecule has 112 valence electrons. The largest absolute Gasteiger partial charge is 0.399 e. The second-order valence-corrected chi connectivity index (χ2v) is 7.80. The zero-order valence-corrected chi connectivity index (χ0v) is 13.4. The summed E-state index contributed by atoms with van der Waals surface area (Å²) in [4.78, 5) is 5.80. The van der Waals surface area contributed by atoms with Crippen LogP contribution in [0.15, 0.2) is 23.1 Å². The molecule has 1 heterocycles. The van der Waals surface area contributed by atoms with Gasteiger partial charge in [-0.05, 0) is 43.4 Å². The maximum atomic E-state index is 12.6. The van der Waals surface area contributed by atoms with Gasteiger partial charge in [-0.2, -0.15) is 0 Å². The normalized spacial score (nSPS) is 14.1. The molecule has 1 aliphatic carbocycles. The van der Waals surface area contributed by atoms with Crippen molar-refractivity contribution < 1.29 is 8.42 Å². The fraction of sp³-hybridized carbons (Fsp3) is 0.357. The number of aromatic nitrogens is 1. The summed E-state index contributed by atoms with van der Waals surface area (Å²) in [5, 5.41) is 0.448. The summed E-state index contributed by atoms with van der Waals surface area (Å²) in [5.74, 6) is 0. The lowest BCUT2D eigenvalue weighted by molar-refractivity contribution is 0.600. The van der Waals surface area contributed by atoms with Crippen LogP contribution in [0.5, 0.6) is 0 Å². The van der Waals surface area contributed by atoms with E-state index in [1.54, 1.807) is 12.1 Å². The van der Waals surface area contributed by atoms with Crippen LogP contribution in [-0.4, -0.2) is 13.4 Å². The Morgan fingerprint density at radius 2 is 2.19 bits per heavy atom. The number of aryl methyl sites for hydroxylation is 3. The second-order valence-electron chi connectivity index (χ2n) is 5.07. The smallest absolute Gasteiger partial charge is 0.264 e. The second kappa shape index (κ2) is 5.31. The summed E-state index contributed by atoms with van der Waals surface area (Å²) in [6.07, 6.45) is 3.67. The highest BCUT2D eigenvalue weighted by Crippen LogP contribution is 2.32. The van der Waals surface area contributed by atoms with E-state index in [-0.39, 0.29) is 4.90 Å². The molecular formula is C14H17N3O2S2. The summed E-state index contributed by atoms with van der Waals surface area (Å²) < 4.78 is 27.7. The van der Waals surface area contributed by atoms with Gasteiger partial charge < -0.3 is 5.73 Å². The van der Waals surface area contributed by atoms with Gasteiger partial charge in [-0.15, -0.1) is 11.3 Å². The summed E-state index contributed by atoms with van der Waals surface area (Å²) in [6, 6.07) is 4.98. The van der Waals surface area contributed by atoms with Crippen LogP contribution >= 0.6 is 11.3 Å². The fourth-order valence-corrected chi connectivity index (χ4v) is 5.15. The number of nitrogen functional groups attached to an aromatic ring is 1. The predicted molar refractivity (Wildman–Crippen MR) is 85.2 cm³/mol. The Balaban J connectivity index is 1.94. The first kappa shape index (κ1) is 14.3. The Bertz CT molecular complexity index is 760. The zero-order chi connectivity index (χ0) is 15.0. The molecule has 0 aliphatic heterocycles. The topological polar surface area (TPSA) is 85.1 Å². The van der Waals surface area contributed by atoms with Crippen LogP contribution in [0, 0.1) is 0 Å². The number of fused-ring (bicyclic) bond motifs is 1. The number of rotatable bonds is 4. The molecule has 0 atom stereocenters. The third kappa shape index (κ3) is 2.75. The minimum absolute atomic E-state index is 0.236. The standard InChI is InChI=1S/C14H17N3O2S2/c1-2-9-6-7-10(15)8-13(9)21(18,19)17-14-16-11-4-3-5-12(11)20-14/h6-8H,2-5,15H2,1H3,(H,16,17). The molecule has 0 radical (unpaired) electrons. The third-order valence-corrected chi connectivity index (χ3v) is 6.20. The van der Waals surface area contributed by atoms with E-state index in [0.29, 0.717) is 17.2 Å². The summed E-state index contributed by atoms with van der Waals surface area (Å²) in [7, 11) is -3.65. The van der Waals surface area contributed by atoms with Crippen molar-refractivity contribution in [3.05, 3.63) is 34.3 Å². The van der Waals surface area contributed by atoms with Crippen molar-refractivity contribution in [2.45, 2.75) is 37.5 Å². The molecule has 0 spiro atoms. The molecule has 0 bridgehead atoms. The van der Waals surface area contributed by atoms with Crippen LogP contribution in [0.2, 0.25) is 0 Å². The first-order valence-electron chi connectivity index (χ1n) is 6.89. The Morgan fingerprint density at radius 1 is 1.38 bits per heavy atom. The molecule has 0 fully saturated rings. The van der Waals surface area contributed by atoms with Gasteiger partial charge in [0.2, 0.25) is 0 Å². The van der Waals surface area contributed by atoms with Crippen LogP contribution in [0.25, 0.3) is 0 Å². The molecule has 1 aromatic carbocycles. The number of benzene rings is 1. The van der Waals surface area contributed by atoms with Gasteiger partial charge >= 0.3 is 0 Å². The molecule has 1 aliphatic rings. The highest BCUT2D eigenvalue weighted by Gasteiger charge is 2.22. The molecule has 21 heavy (non-hydrogen) atoms. The Hall–Kier alpha value is -1.60. The average Bonchev–Trinajstić information content (AvgIpc) is 2.99. The highest BCUT2D eigenvalue weighted by atomic mass is 32.2. The van der Waals surface area contributed by atoms with Crippen LogP contribution < -0.4 is 10.5 Å². The van der Waals surface area contributed by atoms with Gasteiger partial charge in [-0.1, -0.05) is 13.0 Å². The van der Waals surface area contributed by atoms with E-state index in [9.17, 15) is 8.42 Å². The third-order valence-electron chi connectivity index (χ3n) is 3.58. The summed E-state index contributed by atoms with van der Waals surface area (Å²) >= 11 is 1.43. The van der Waals surface area contributed by atoms with E-state index in [1.165, 1.54) is 22.3 Å². The maximum absolute atomic E-state index is 12.6. The lowest BCUT2D eigenvalue weighted by Crippen LogP contribution is -2.15. The van der Waals surface area contributed by atoms with Crippen molar-refractivity contribution in [2.75, 3.05) is 10.5 Å². The van der Waals surface area contributed by atoms with Crippen molar-refractivity contribution in [3.8, 4) is 0 Å². The molecule has 1 aromatic heterocycles. The molecule has 3 rings (SSSR count). The maximum Gasteiger partial charge on any atom is 0.264 e. The number of hydrogen-bond donors (Lipinski definition) is 2. The van der Waals surface area contributed by atoms with E-state index in [1.807, 2.05) is 6.92 Å². The number of hydrogen-bond acceptors (Lipinski definition) is 5. The minimum atomic E-state index is -3.65. The van der Waals surface area contributed by atoms with Gasteiger partial charge in [-0.3, -0.25) is 4.72 Å². The number of nitrogens with zero attached hydrogens (tertiary/aromatic N) is 1. The molecule has 0 saturated heterocycles. The predicted octanol–water partition coefficient (Wildman–Crippen LogP) is 2.58. The first-order valence-corrected chi connectivity index (χ1v) is 9.19. The van der Waals surface area contributed by atoms with E-state index in [4.69, 9.17) is 5.73 Å². The van der Waals surface area contributed by atoms with Crippen molar-refractivity contribution >= 4 is 32.2 Å². The Labute approximate surface area is 128 Å². The quantitative estimate of drug-likeness (QED) is 0.847. The van der Waals surface area contributed by atoms with Crippen molar-refractivity contribution in [1.82, 2.24) is 4.98 Å². The van der Waals surface area contributed by atoms with Crippen molar-refractivity contribution in [3.63, 3.8) is 0 Å². The van der Waals surface area contributed by atoms with E-state index < -0.39 is 10.0 Å². The Morgan fingerprint density at radius 3 is 2.90 bits per heavy atom. The fourth-order valence-electron chi connectivity index (χ4n) is 2.52. The van der Waals surface area contributed by atoms with Crippen molar-refractivity contribution in [2.24, 2.45) is 0 Å². The van der Waals surface area contributed by atoms with Gasteiger partial charge in [-0.25, -0.2) is 13.4 Å². The molecular weight excluding hydrogens is 306 g/mol. The van der Waals surface area contributed by atoms with Crippen LogP contribution in [0.1, 0.15) is 29.5 Å². The zero-order valence-electron chi connectivity index (χ0n) is 11.7. The summed E-state index contributed by atoms with van der Waals surface area (Å²) in [5.41, 5.74) is 7.94. The van der Waals surface area contributed by atoms with Crippen LogP contribution in [-0.2, 0) is 29.3 Å². The number of nitrogens with one attached hydrogen (secondary N) is 1. The van der Waals surface area contributed by atoms with Gasteiger partial charge in [0.1, 0.15) is 0 Å². The van der Waals surface area contributed by atoms with Gasteiger partial charge in [0, 0.05) is 10.6 Å². The average molecular weight is 323 g/mol. The molecule has 0 saturated carbocycles. The molecule has 0 amide bonds. The van der Waals surface area contributed by atoms with Crippen molar-refractivity contribution in [1.29, 1.82) is 0 Å². The van der Waals surface area contributed by atoms with Gasteiger partial charge in [0.15, 0.2) is 5.13 Å². The van der Waals surface area contributed by atoms with E-state index >= 15 is 0 Å². The van der Waals surface area contributed by atoms with Gasteiger partial charge in [0.25, 0.3) is 10.0 Å². The number of nitrogens with two attached hydrogens (primary N) is 1. The molecule has 5 nitrogen and oxygen atoms in total. The lowest BCUT2D eigenvalue weighted by atomic mass is 10.1. The minimum Gasteiger partial charge on any atom is -0.399 e. The highest BCUT2D eigenvalue weighted by molar-refractivity contribution is 7.93. The number of sulfonamides is 1. The summed E-state index contributed by atoms with van der Waals surface area (Å²) in [6.45, 7) is 1.92.